The van der Waals surface area contributed by atoms with Crippen LogP contribution in [0.4, 0.5) is 11.8 Å². The second kappa shape index (κ2) is 8.39. The molecule has 3 aromatic heterocycles. The predicted octanol–water partition coefficient (Wildman–Crippen LogP) is 3.83. The third kappa shape index (κ3) is 3.94. The highest BCUT2D eigenvalue weighted by Gasteiger charge is 2.27. The Morgan fingerprint density at radius 1 is 1.13 bits per heavy atom. The summed E-state index contributed by atoms with van der Waals surface area (Å²) in [6.45, 7) is 1.31. The van der Waals surface area contributed by atoms with Crippen molar-refractivity contribution in [2.45, 2.75) is 19.4 Å². The first-order valence-corrected chi connectivity index (χ1v) is 11.2. The fraction of sp³-hybridized carbons (Fsp3) is 0.273. The van der Waals surface area contributed by atoms with Crippen molar-refractivity contribution >= 4 is 34.4 Å². The second-order valence-corrected chi connectivity index (χ2v) is 8.70. The SMILES string of the molecule is COCCn1ccc(Nc2ncc3c(n2)-c2c(nn(C)c2-c2ccc(I)cc2)CC3)n1. The summed E-state index contributed by atoms with van der Waals surface area (Å²) >= 11 is 2.32. The van der Waals surface area contributed by atoms with Crippen LogP contribution >= 0.6 is 22.6 Å². The lowest BCUT2D eigenvalue weighted by atomic mass is 9.91. The zero-order valence-corrected chi connectivity index (χ0v) is 19.5. The van der Waals surface area contributed by atoms with Gasteiger partial charge in [-0.15, -0.1) is 0 Å². The number of nitrogens with zero attached hydrogens (tertiary/aromatic N) is 6. The fourth-order valence-corrected chi connectivity index (χ4v) is 4.27. The van der Waals surface area contributed by atoms with Crippen molar-refractivity contribution in [1.82, 2.24) is 29.5 Å². The molecular formula is C22H22IN7O. The maximum atomic E-state index is 5.11. The minimum Gasteiger partial charge on any atom is -0.383 e. The Balaban J connectivity index is 1.51. The Hall–Kier alpha value is -2.79. The Kier molecular flexibility index (Phi) is 5.45. The van der Waals surface area contributed by atoms with E-state index in [1.54, 1.807) is 7.11 Å². The zero-order valence-electron chi connectivity index (χ0n) is 17.3. The molecule has 0 bridgehead atoms. The van der Waals surface area contributed by atoms with Crippen LogP contribution in [0.3, 0.4) is 0 Å². The molecule has 0 atom stereocenters. The van der Waals surface area contributed by atoms with E-state index in [-0.39, 0.29) is 0 Å². The summed E-state index contributed by atoms with van der Waals surface area (Å²) in [7, 11) is 3.68. The minimum atomic E-state index is 0.529. The average molecular weight is 527 g/mol. The number of aromatic nitrogens is 6. The molecule has 158 valence electrons. The number of hydrogen-bond donors (Lipinski definition) is 1. The van der Waals surface area contributed by atoms with Crippen molar-refractivity contribution in [1.29, 1.82) is 0 Å². The molecule has 0 fully saturated rings. The van der Waals surface area contributed by atoms with Gasteiger partial charge in [0.05, 0.1) is 30.2 Å². The normalized spacial score (nSPS) is 12.5. The van der Waals surface area contributed by atoms with E-state index in [0.29, 0.717) is 24.9 Å². The van der Waals surface area contributed by atoms with Gasteiger partial charge < -0.3 is 10.1 Å². The summed E-state index contributed by atoms with van der Waals surface area (Å²) in [6, 6.07) is 10.4. The van der Waals surface area contributed by atoms with Gasteiger partial charge in [-0.05, 0) is 53.1 Å². The topological polar surface area (TPSA) is 82.7 Å². The van der Waals surface area contributed by atoms with Crippen molar-refractivity contribution in [2.75, 3.05) is 19.0 Å². The van der Waals surface area contributed by atoms with Gasteiger partial charge in [0.1, 0.15) is 0 Å². The Morgan fingerprint density at radius 2 is 1.97 bits per heavy atom. The molecule has 1 N–H and O–H groups in total. The molecule has 1 aliphatic carbocycles. The molecule has 4 aromatic rings. The summed E-state index contributed by atoms with van der Waals surface area (Å²) < 4.78 is 10.1. The van der Waals surface area contributed by atoms with E-state index in [0.717, 1.165) is 46.6 Å². The molecular weight excluding hydrogens is 505 g/mol. The van der Waals surface area contributed by atoms with Crippen LogP contribution < -0.4 is 5.32 Å². The molecule has 0 amide bonds. The van der Waals surface area contributed by atoms with E-state index >= 15 is 0 Å². The van der Waals surface area contributed by atoms with Crippen LogP contribution in [-0.4, -0.2) is 43.2 Å². The first kappa shape index (κ1) is 20.1. The van der Waals surface area contributed by atoms with Crippen molar-refractivity contribution in [3.63, 3.8) is 0 Å². The summed E-state index contributed by atoms with van der Waals surface area (Å²) in [5.41, 5.74) is 6.48. The lowest BCUT2D eigenvalue weighted by Gasteiger charge is -2.16. The molecule has 3 heterocycles. The number of anilines is 2. The van der Waals surface area contributed by atoms with Gasteiger partial charge in [0.15, 0.2) is 5.82 Å². The number of halogens is 1. The van der Waals surface area contributed by atoms with Crippen molar-refractivity contribution in [3.05, 3.63) is 57.6 Å². The van der Waals surface area contributed by atoms with Gasteiger partial charge in [-0.25, -0.2) is 9.97 Å². The first-order chi connectivity index (χ1) is 15.1. The number of aryl methyl sites for hydroxylation is 3. The van der Waals surface area contributed by atoms with E-state index in [2.05, 4.69) is 62.3 Å². The number of methoxy groups -OCH3 is 1. The highest BCUT2D eigenvalue weighted by molar-refractivity contribution is 14.1. The highest BCUT2D eigenvalue weighted by Crippen LogP contribution is 2.39. The first-order valence-electron chi connectivity index (χ1n) is 10.1. The van der Waals surface area contributed by atoms with Crippen LogP contribution in [0.15, 0.2) is 42.7 Å². The van der Waals surface area contributed by atoms with Crippen molar-refractivity contribution in [3.8, 4) is 22.5 Å². The summed E-state index contributed by atoms with van der Waals surface area (Å²) in [5.74, 6) is 1.23. The second-order valence-electron chi connectivity index (χ2n) is 7.45. The van der Waals surface area contributed by atoms with Gasteiger partial charge in [-0.2, -0.15) is 10.2 Å². The molecule has 0 unspecified atom stereocenters. The third-order valence-electron chi connectivity index (χ3n) is 5.37. The number of hydrogen-bond acceptors (Lipinski definition) is 6. The maximum absolute atomic E-state index is 5.11. The fourth-order valence-electron chi connectivity index (χ4n) is 3.91. The van der Waals surface area contributed by atoms with E-state index in [4.69, 9.17) is 14.8 Å². The summed E-state index contributed by atoms with van der Waals surface area (Å²) in [4.78, 5) is 9.42. The van der Waals surface area contributed by atoms with Gasteiger partial charge in [-0.1, -0.05) is 12.1 Å². The molecule has 0 spiro atoms. The molecule has 1 aromatic carbocycles. The summed E-state index contributed by atoms with van der Waals surface area (Å²) in [5, 5.41) is 12.5. The zero-order chi connectivity index (χ0) is 21.4. The largest absolute Gasteiger partial charge is 0.383 e. The van der Waals surface area contributed by atoms with E-state index in [1.165, 1.54) is 3.57 Å². The van der Waals surface area contributed by atoms with Crippen molar-refractivity contribution < 1.29 is 4.74 Å². The Bertz CT molecular complexity index is 1230. The van der Waals surface area contributed by atoms with E-state index < -0.39 is 0 Å². The minimum absolute atomic E-state index is 0.529. The van der Waals surface area contributed by atoms with Crippen LogP contribution in [-0.2, 0) is 31.2 Å². The van der Waals surface area contributed by atoms with Crippen LogP contribution in [0.2, 0.25) is 0 Å². The standard InChI is InChI=1S/C22H22IN7O/c1-29-21(14-3-6-16(23)7-4-14)19-17(27-29)8-5-15-13-24-22(26-20(15)19)25-18-9-10-30(28-18)11-12-31-2/h3-4,6-7,9-10,13H,5,8,11-12H2,1-2H3,(H,24,25,26,28). The van der Waals surface area contributed by atoms with Gasteiger partial charge in [0, 0.05) is 47.3 Å². The maximum Gasteiger partial charge on any atom is 0.228 e. The average Bonchev–Trinajstić information content (AvgIpc) is 3.36. The number of rotatable bonds is 6. The molecule has 0 saturated carbocycles. The molecule has 5 rings (SSSR count). The Labute approximate surface area is 193 Å². The molecule has 0 aliphatic heterocycles. The van der Waals surface area contributed by atoms with Crippen LogP contribution in [0, 0.1) is 3.57 Å². The van der Waals surface area contributed by atoms with Crippen LogP contribution in [0.25, 0.3) is 22.5 Å². The Morgan fingerprint density at radius 3 is 2.77 bits per heavy atom. The molecule has 9 heteroatoms. The lowest BCUT2D eigenvalue weighted by Crippen LogP contribution is -2.09. The number of ether oxygens (including phenoxy) is 1. The van der Waals surface area contributed by atoms with E-state index in [9.17, 15) is 0 Å². The number of nitrogens with one attached hydrogen (secondary N) is 1. The smallest absolute Gasteiger partial charge is 0.228 e. The quantitative estimate of drug-likeness (QED) is 0.384. The van der Waals surface area contributed by atoms with Gasteiger partial charge in [0.25, 0.3) is 0 Å². The van der Waals surface area contributed by atoms with Crippen LogP contribution in [0.1, 0.15) is 11.3 Å². The molecule has 0 radical (unpaired) electrons. The van der Waals surface area contributed by atoms with Gasteiger partial charge >= 0.3 is 0 Å². The predicted molar refractivity (Wildman–Crippen MR) is 127 cm³/mol. The summed E-state index contributed by atoms with van der Waals surface area (Å²) in [6.07, 6.45) is 5.60. The van der Waals surface area contributed by atoms with Gasteiger partial charge in [0.2, 0.25) is 5.95 Å². The van der Waals surface area contributed by atoms with E-state index in [1.807, 2.05) is 34.9 Å². The monoisotopic (exact) mass is 527 g/mol. The van der Waals surface area contributed by atoms with Crippen molar-refractivity contribution in [2.24, 2.45) is 7.05 Å². The van der Waals surface area contributed by atoms with Gasteiger partial charge in [-0.3, -0.25) is 9.36 Å². The number of benzene rings is 1. The van der Waals surface area contributed by atoms with Crippen LogP contribution in [0.5, 0.6) is 0 Å². The number of fused-ring (bicyclic) bond motifs is 3. The lowest BCUT2D eigenvalue weighted by molar-refractivity contribution is 0.183. The molecule has 1 aliphatic rings. The molecule has 31 heavy (non-hydrogen) atoms. The molecule has 8 nitrogen and oxygen atoms in total. The molecule has 0 saturated heterocycles. The third-order valence-corrected chi connectivity index (χ3v) is 6.09. The highest BCUT2D eigenvalue weighted by atomic mass is 127.